The molecule has 0 radical (unpaired) electrons. The highest BCUT2D eigenvalue weighted by molar-refractivity contribution is 5.95. The van der Waals surface area contributed by atoms with Crippen LogP contribution in [0.1, 0.15) is 29.5 Å². The van der Waals surface area contributed by atoms with Crippen LogP contribution in [0.3, 0.4) is 0 Å². The molecule has 2 rings (SSSR count). The molecular weight excluding hydrogens is 216 g/mol. The van der Waals surface area contributed by atoms with Gasteiger partial charge in [0.15, 0.2) is 0 Å². The number of furan rings is 1. The van der Waals surface area contributed by atoms with Crippen LogP contribution < -0.4 is 5.73 Å². The van der Waals surface area contributed by atoms with Gasteiger partial charge in [-0.1, -0.05) is 6.92 Å². The molecule has 1 aromatic rings. The highest BCUT2D eigenvalue weighted by Gasteiger charge is 2.29. The van der Waals surface area contributed by atoms with E-state index >= 15 is 0 Å². The van der Waals surface area contributed by atoms with Gasteiger partial charge in [-0.2, -0.15) is 0 Å². The molecule has 2 unspecified atom stereocenters. The van der Waals surface area contributed by atoms with Crippen molar-refractivity contribution in [2.45, 2.75) is 20.3 Å². The number of hydrogen-bond donors (Lipinski definition) is 1. The lowest BCUT2D eigenvalue weighted by atomic mass is 9.87. The fourth-order valence-electron chi connectivity index (χ4n) is 2.42. The van der Waals surface area contributed by atoms with Crippen molar-refractivity contribution < 1.29 is 9.21 Å². The molecule has 0 spiro atoms. The molecule has 2 heterocycles. The third-order valence-corrected chi connectivity index (χ3v) is 3.79. The Bertz CT molecular complexity index is 400. The lowest BCUT2D eigenvalue weighted by Crippen LogP contribution is -2.45. The Labute approximate surface area is 102 Å². The minimum Gasteiger partial charge on any atom is -0.469 e. The fraction of sp³-hybridized carbons (Fsp3) is 0.615. The zero-order chi connectivity index (χ0) is 12.4. The van der Waals surface area contributed by atoms with Gasteiger partial charge in [0.2, 0.25) is 0 Å². The first kappa shape index (κ1) is 12.2. The van der Waals surface area contributed by atoms with Crippen molar-refractivity contribution >= 4 is 5.91 Å². The monoisotopic (exact) mass is 236 g/mol. The summed E-state index contributed by atoms with van der Waals surface area (Å²) in [4.78, 5) is 14.2. The number of aryl methyl sites for hydroxylation is 1. The van der Waals surface area contributed by atoms with Crippen molar-refractivity contribution in [3.63, 3.8) is 0 Å². The summed E-state index contributed by atoms with van der Waals surface area (Å²) >= 11 is 0. The maximum atomic E-state index is 12.3. The lowest BCUT2D eigenvalue weighted by molar-refractivity contribution is 0.0617. The number of piperidine rings is 1. The van der Waals surface area contributed by atoms with Crippen LogP contribution in [0.15, 0.2) is 16.7 Å². The van der Waals surface area contributed by atoms with Crippen molar-refractivity contribution in [2.75, 3.05) is 19.6 Å². The number of carbonyl (C=O) groups excluding carboxylic acids is 1. The molecule has 17 heavy (non-hydrogen) atoms. The molecule has 2 atom stereocenters. The highest BCUT2D eigenvalue weighted by Crippen LogP contribution is 2.24. The Balaban J connectivity index is 2.09. The molecule has 94 valence electrons. The first-order chi connectivity index (χ1) is 8.13. The molecule has 1 aromatic heterocycles. The molecule has 4 heteroatoms. The molecule has 1 aliphatic heterocycles. The predicted octanol–water partition coefficient (Wildman–Crippen LogP) is 1.64. The summed E-state index contributed by atoms with van der Waals surface area (Å²) in [5, 5.41) is 0. The Kier molecular flexibility index (Phi) is 3.52. The van der Waals surface area contributed by atoms with Crippen molar-refractivity contribution in [3.05, 3.63) is 23.7 Å². The van der Waals surface area contributed by atoms with Gasteiger partial charge in [-0.05, 0) is 37.8 Å². The first-order valence-electron chi connectivity index (χ1n) is 6.17. The van der Waals surface area contributed by atoms with E-state index in [0.29, 0.717) is 29.7 Å². The summed E-state index contributed by atoms with van der Waals surface area (Å²) < 4.78 is 5.18. The normalized spacial score (nSPS) is 25.0. The van der Waals surface area contributed by atoms with Crippen LogP contribution in [0, 0.1) is 18.8 Å². The van der Waals surface area contributed by atoms with E-state index in [2.05, 4.69) is 6.92 Å². The Morgan fingerprint density at radius 2 is 2.41 bits per heavy atom. The Hall–Kier alpha value is -1.29. The van der Waals surface area contributed by atoms with E-state index in [9.17, 15) is 4.79 Å². The Morgan fingerprint density at radius 3 is 3.00 bits per heavy atom. The third kappa shape index (κ3) is 2.36. The number of nitrogens with two attached hydrogens (primary N) is 1. The maximum Gasteiger partial charge on any atom is 0.257 e. The number of carbonyl (C=O) groups is 1. The van der Waals surface area contributed by atoms with Crippen molar-refractivity contribution in [1.29, 1.82) is 0 Å². The lowest BCUT2D eigenvalue weighted by Gasteiger charge is -2.36. The average Bonchev–Trinajstić information content (AvgIpc) is 2.75. The number of likely N-dealkylation sites (tertiary alicyclic amines) is 1. The van der Waals surface area contributed by atoms with Gasteiger partial charge in [0.25, 0.3) is 5.91 Å². The standard InChI is InChI=1S/C13H20N2O2/c1-9-3-5-15(8-11(9)7-14)13(16)12-4-6-17-10(12)2/h4,6,9,11H,3,5,7-8,14H2,1-2H3. The van der Waals surface area contributed by atoms with E-state index in [0.717, 1.165) is 19.5 Å². The first-order valence-corrected chi connectivity index (χ1v) is 6.17. The van der Waals surface area contributed by atoms with Gasteiger partial charge in [-0.25, -0.2) is 0 Å². The maximum absolute atomic E-state index is 12.3. The second kappa shape index (κ2) is 4.92. The van der Waals surface area contributed by atoms with Crippen LogP contribution in [0.2, 0.25) is 0 Å². The zero-order valence-electron chi connectivity index (χ0n) is 10.5. The molecule has 1 fully saturated rings. The summed E-state index contributed by atoms with van der Waals surface area (Å²) in [6.45, 7) is 6.26. The van der Waals surface area contributed by atoms with Crippen molar-refractivity contribution in [3.8, 4) is 0 Å². The van der Waals surface area contributed by atoms with Gasteiger partial charge in [-0.15, -0.1) is 0 Å². The van der Waals surface area contributed by atoms with E-state index in [1.165, 1.54) is 0 Å². The van der Waals surface area contributed by atoms with Crippen molar-refractivity contribution in [2.24, 2.45) is 17.6 Å². The number of nitrogens with zero attached hydrogens (tertiary/aromatic N) is 1. The third-order valence-electron chi connectivity index (χ3n) is 3.79. The molecular formula is C13H20N2O2. The second-order valence-corrected chi connectivity index (χ2v) is 4.90. The smallest absolute Gasteiger partial charge is 0.257 e. The molecule has 0 saturated carbocycles. The zero-order valence-corrected chi connectivity index (χ0v) is 10.5. The minimum atomic E-state index is 0.0709. The van der Waals surface area contributed by atoms with Gasteiger partial charge in [-0.3, -0.25) is 4.79 Å². The molecule has 0 aliphatic carbocycles. The Morgan fingerprint density at radius 1 is 1.65 bits per heavy atom. The molecule has 0 aromatic carbocycles. The molecule has 1 saturated heterocycles. The topological polar surface area (TPSA) is 59.5 Å². The molecule has 1 amide bonds. The summed E-state index contributed by atoms with van der Waals surface area (Å²) in [6, 6.07) is 1.74. The van der Waals surface area contributed by atoms with E-state index < -0.39 is 0 Å². The largest absolute Gasteiger partial charge is 0.469 e. The van der Waals surface area contributed by atoms with Gasteiger partial charge >= 0.3 is 0 Å². The molecule has 4 nitrogen and oxygen atoms in total. The number of amides is 1. The van der Waals surface area contributed by atoms with Gasteiger partial charge in [0, 0.05) is 13.1 Å². The summed E-state index contributed by atoms with van der Waals surface area (Å²) in [5.74, 6) is 1.79. The molecule has 1 aliphatic rings. The quantitative estimate of drug-likeness (QED) is 0.849. The van der Waals surface area contributed by atoms with E-state index in [-0.39, 0.29) is 5.91 Å². The minimum absolute atomic E-state index is 0.0709. The highest BCUT2D eigenvalue weighted by atomic mass is 16.3. The summed E-state index contributed by atoms with van der Waals surface area (Å²) in [6.07, 6.45) is 2.60. The molecule has 0 bridgehead atoms. The van der Waals surface area contributed by atoms with Crippen molar-refractivity contribution in [1.82, 2.24) is 4.90 Å². The summed E-state index contributed by atoms with van der Waals surface area (Å²) in [5.41, 5.74) is 6.42. The summed E-state index contributed by atoms with van der Waals surface area (Å²) in [7, 11) is 0. The molecule has 2 N–H and O–H groups in total. The van der Waals surface area contributed by atoms with E-state index in [1.54, 1.807) is 12.3 Å². The van der Waals surface area contributed by atoms with Crippen LogP contribution in [-0.4, -0.2) is 30.4 Å². The van der Waals surface area contributed by atoms with Crippen LogP contribution in [0.5, 0.6) is 0 Å². The SMILES string of the molecule is Cc1occc1C(=O)N1CCC(C)C(CN)C1. The van der Waals surface area contributed by atoms with Gasteiger partial charge < -0.3 is 15.1 Å². The number of rotatable bonds is 2. The van der Waals surface area contributed by atoms with E-state index in [4.69, 9.17) is 10.2 Å². The van der Waals surface area contributed by atoms with Crippen LogP contribution in [0.25, 0.3) is 0 Å². The average molecular weight is 236 g/mol. The predicted molar refractivity (Wildman–Crippen MR) is 65.7 cm³/mol. The van der Waals surface area contributed by atoms with E-state index in [1.807, 2.05) is 11.8 Å². The van der Waals surface area contributed by atoms with Crippen LogP contribution in [0.4, 0.5) is 0 Å². The van der Waals surface area contributed by atoms with Gasteiger partial charge in [0.05, 0.1) is 11.8 Å². The van der Waals surface area contributed by atoms with Gasteiger partial charge in [0.1, 0.15) is 5.76 Å². The number of hydrogen-bond acceptors (Lipinski definition) is 3. The van der Waals surface area contributed by atoms with Crippen LogP contribution >= 0.6 is 0 Å². The fourth-order valence-corrected chi connectivity index (χ4v) is 2.42. The van der Waals surface area contributed by atoms with Crippen LogP contribution in [-0.2, 0) is 0 Å². The second-order valence-electron chi connectivity index (χ2n) is 4.90.